The molecule has 0 N–H and O–H groups in total. The second-order valence-electron chi connectivity index (χ2n) is 6.55. The molecule has 0 aliphatic heterocycles. The molecule has 0 unspecified atom stereocenters. The molecule has 0 bridgehead atoms. The van der Waals surface area contributed by atoms with Crippen LogP contribution in [0, 0.1) is 0 Å². The summed E-state index contributed by atoms with van der Waals surface area (Å²) in [6.07, 6.45) is 5.95. The van der Waals surface area contributed by atoms with Crippen LogP contribution in [0.2, 0.25) is 0 Å². The van der Waals surface area contributed by atoms with Gasteiger partial charge in [-0.3, -0.25) is 4.79 Å². The first kappa shape index (κ1) is 22.6. The summed E-state index contributed by atoms with van der Waals surface area (Å²) in [5, 5.41) is 0. The van der Waals surface area contributed by atoms with E-state index in [1.54, 1.807) is 16.4 Å². The van der Waals surface area contributed by atoms with E-state index in [0.29, 0.717) is 18.0 Å². The molecule has 0 heterocycles. The maximum atomic E-state index is 12.9. The van der Waals surface area contributed by atoms with Crippen molar-refractivity contribution in [2.45, 2.75) is 71.1 Å². The molecule has 0 spiro atoms. The standard InChI is InChI=1S/C21H33NO3S/c1-5-9-19(17-23)21(10-6-2)18-11-13-20(14-12-18)26(24,25)22(15-7-3)16-8-4/h11-14,17H,5-10,15-16H2,1-4H3/b21-19-. The van der Waals surface area contributed by atoms with Crippen molar-refractivity contribution < 1.29 is 13.2 Å². The van der Waals surface area contributed by atoms with Gasteiger partial charge >= 0.3 is 0 Å². The quantitative estimate of drug-likeness (QED) is 0.377. The number of allylic oxidation sites excluding steroid dienone is 2. The summed E-state index contributed by atoms with van der Waals surface area (Å²) in [5.74, 6) is 0. The lowest BCUT2D eigenvalue weighted by Crippen LogP contribution is -2.32. The maximum absolute atomic E-state index is 12.9. The average Bonchev–Trinajstić information content (AvgIpc) is 2.64. The third-order valence-electron chi connectivity index (χ3n) is 4.34. The molecule has 1 aromatic carbocycles. The molecule has 0 fully saturated rings. The number of hydrogen-bond donors (Lipinski definition) is 0. The predicted octanol–water partition coefficient (Wildman–Crippen LogP) is 5.05. The highest BCUT2D eigenvalue weighted by atomic mass is 32.2. The van der Waals surface area contributed by atoms with Crippen LogP contribution in [0.3, 0.4) is 0 Å². The van der Waals surface area contributed by atoms with E-state index in [9.17, 15) is 13.2 Å². The minimum Gasteiger partial charge on any atom is -0.298 e. The van der Waals surface area contributed by atoms with Crippen LogP contribution in [0.1, 0.15) is 71.8 Å². The molecule has 146 valence electrons. The number of benzene rings is 1. The molecule has 1 aromatic rings. The molecular weight excluding hydrogens is 346 g/mol. The minimum absolute atomic E-state index is 0.321. The number of rotatable bonds is 12. The molecule has 0 aliphatic rings. The van der Waals surface area contributed by atoms with Crippen molar-refractivity contribution in [1.82, 2.24) is 4.31 Å². The van der Waals surface area contributed by atoms with Gasteiger partial charge in [-0.25, -0.2) is 8.42 Å². The van der Waals surface area contributed by atoms with Crippen LogP contribution in [0.15, 0.2) is 34.7 Å². The summed E-state index contributed by atoms with van der Waals surface area (Å²) in [6.45, 7) is 9.17. The molecule has 1 rings (SSSR count). The fourth-order valence-corrected chi connectivity index (χ4v) is 4.74. The molecule has 0 amide bonds. The largest absolute Gasteiger partial charge is 0.298 e. The van der Waals surface area contributed by atoms with Gasteiger partial charge in [0.25, 0.3) is 0 Å². The topological polar surface area (TPSA) is 54.5 Å². The van der Waals surface area contributed by atoms with E-state index in [4.69, 9.17) is 0 Å². The smallest absolute Gasteiger partial charge is 0.243 e. The Hall–Kier alpha value is -1.46. The summed E-state index contributed by atoms with van der Waals surface area (Å²) in [4.78, 5) is 11.8. The van der Waals surface area contributed by atoms with E-state index >= 15 is 0 Å². The van der Waals surface area contributed by atoms with E-state index in [1.807, 2.05) is 26.0 Å². The van der Waals surface area contributed by atoms with Crippen LogP contribution in [-0.2, 0) is 14.8 Å². The van der Waals surface area contributed by atoms with Gasteiger partial charge in [-0.2, -0.15) is 4.31 Å². The first-order chi connectivity index (χ1) is 12.5. The highest BCUT2D eigenvalue weighted by Gasteiger charge is 2.23. The Kier molecular flexibility index (Phi) is 9.81. The van der Waals surface area contributed by atoms with E-state index in [1.165, 1.54) is 0 Å². The van der Waals surface area contributed by atoms with E-state index in [2.05, 4.69) is 13.8 Å². The van der Waals surface area contributed by atoms with Crippen molar-refractivity contribution in [2.24, 2.45) is 0 Å². The maximum Gasteiger partial charge on any atom is 0.243 e. The van der Waals surface area contributed by atoms with Crippen molar-refractivity contribution in [3.63, 3.8) is 0 Å². The van der Waals surface area contributed by atoms with Crippen molar-refractivity contribution in [1.29, 1.82) is 0 Å². The molecular formula is C21H33NO3S. The van der Waals surface area contributed by atoms with Gasteiger partial charge in [0.05, 0.1) is 4.90 Å². The van der Waals surface area contributed by atoms with Crippen molar-refractivity contribution in [3.05, 3.63) is 35.4 Å². The summed E-state index contributed by atoms with van der Waals surface area (Å²) in [6, 6.07) is 7.03. The Balaban J connectivity index is 3.25. The Bertz CT molecular complexity index is 684. The predicted molar refractivity (Wildman–Crippen MR) is 109 cm³/mol. The zero-order chi connectivity index (χ0) is 19.6. The molecule has 0 saturated carbocycles. The zero-order valence-corrected chi connectivity index (χ0v) is 17.4. The second kappa shape index (κ2) is 11.3. The van der Waals surface area contributed by atoms with Gasteiger partial charge in [-0.1, -0.05) is 52.7 Å². The SMILES string of the molecule is CCC/C(C=O)=C(\CCC)c1ccc(S(=O)(=O)N(CCC)CCC)cc1. The van der Waals surface area contributed by atoms with Crippen LogP contribution in [-0.4, -0.2) is 32.1 Å². The van der Waals surface area contributed by atoms with Gasteiger partial charge in [-0.15, -0.1) is 0 Å². The number of nitrogens with zero attached hydrogens (tertiary/aromatic N) is 1. The third kappa shape index (κ3) is 5.78. The van der Waals surface area contributed by atoms with Crippen LogP contribution >= 0.6 is 0 Å². The van der Waals surface area contributed by atoms with E-state index in [0.717, 1.165) is 61.5 Å². The molecule has 4 nitrogen and oxygen atoms in total. The highest BCUT2D eigenvalue weighted by molar-refractivity contribution is 7.89. The summed E-state index contributed by atoms with van der Waals surface area (Å²) in [7, 11) is -3.47. The summed E-state index contributed by atoms with van der Waals surface area (Å²) < 4.78 is 27.3. The highest BCUT2D eigenvalue weighted by Crippen LogP contribution is 2.27. The molecule has 0 aliphatic carbocycles. The molecule has 5 heteroatoms. The Morgan fingerprint density at radius 3 is 1.85 bits per heavy atom. The molecule has 0 saturated heterocycles. The molecule has 0 radical (unpaired) electrons. The summed E-state index contributed by atoms with van der Waals surface area (Å²) in [5.41, 5.74) is 2.80. The number of sulfonamides is 1. The number of carbonyl (C=O) groups is 1. The van der Waals surface area contributed by atoms with Gasteiger partial charge in [-0.05, 0) is 54.5 Å². The van der Waals surface area contributed by atoms with E-state index < -0.39 is 10.0 Å². The lowest BCUT2D eigenvalue weighted by atomic mass is 9.94. The number of carbonyl (C=O) groups excluding carboxylic acids is 1. The van der Waals surface area contributed by atoms with Crippen molar-refractivity contribution >= 4 is 21.9 Å². The van der Waals surface area contributed by atoms with Crippen LogP contribution in [0.25, 0.3) is 5.57 Å². The molecule has 26 heavy (non-hydrogen) atoms. The van der Waals surface area contributed by atoms with Gasteiger partial charge in [0.2, 0.25) is 10.0 Å². The van der Waals surface area contributed by atoms with Gasteiger partial charge in [0, 0.05) is 13.1 Å². The fourth-order valence-electron chi connectivity index (χ4n) is 3.12. The van der Waals surface area contributed by atoms with Crippen LogP contribution in [0.5, 0.6) is 0 Å². The van der Waals surface area contributed by atoms with Crippen LogP contribution < -0.4 is 0 Å². The van der Waals surface area contributed by atoms with E-state index in [-0.39, 0.29) is 0 Å². The Morgan fingerprint density at radius 2 is 1.42 bits per heavy atom. The van der Waals surface area contributed by atoms with Gasteiger partial charge in [0.15, 0.2) is 0 Å². The lowest BCUT2D eigenvalue weighted by Gasteiger charge is -2.21. The summed E-state index contributed by atoms with van der Waals surface area (Å²) >= 11 is 0. The second-order valence-corrected chi connectivity index (χ2v) is 8.49. The first-order valence-electron chi connectivity index (χ1n) is 9.73. The third-order valence-corrected chi connectivity index (χ3v) is 6.25. The monoisotopic (exact) mass is 379 g/mol. The Labute approximate surface area is 159 Å². The number of hydrogen-bond acceptors (Lipinski definition) is 3. The molecule has 0 atom stereocenters. The lowest BCUT2D eigenvalue weighted by molar-refractivity contribution is -0.105. The van der Waals surface area contributed by atoms with Crippen LogP contribution in [0.4, 0.5) is 0 Å². The number of aldehydes is 1. The molecule has 0 aromatic heterocycles. The average molecular weight is 380 g/mol. The van der Waals surface area contributed by atoms with Crippen molar-refractivity contribution in [3.8, 4) is 0 Å². The fraction of sp³-hybridized carbons (Fsp3) is 0.571. The first-order valence-corrected chi connectivity index (χ1v) is 11.2. The van der Waals surface area contributed by atoms with Gasteiger partial charge in [0.1, 0.15) is 6.29 Å². The van der Waals surface area contributed by atoms with Gasteiger partial charge < -0.3 is 0 Å². The Morgan fingerprint density at radius 1 is 0.885 bits per heavy atom. The normalized spacial score (nSPS) is 13.0. The zero-order valence-electron chi connectivity index (χ0n) is 16.6. The van der Waals surface area contributed by atoms with Crippen molar-refractivity contribution in [2.75, 3.05) is 13.1 Å². The minimum atomic E-state index is -3.47.